The molecule has 0 saturated heterocycles. The van der Waals surface area contributed by atoms with Crippen LogP contribution in [0.1, 0.15) is 113 Å². The fourth-order valence-electron chi connectivity index (χ4n) is 7.58. The van der Waals surface area contributed by atoms with Gasteiger partial charge in [0.15, 0.2) is 11.6 Å². The number of nitrogens with zero attached hydrogens (tertiary/aromatic N) is 2. The minimum Gasteiger partial charge on any atom is -0.299 e. The molecule has 4 aromatic carbocycles. The quantitative estimate of drug-likeness (QED) is 0.0790. The lowest BCUT2D eigenvalue weighted by Crippen LogP contribution is -2.26. The van der Waals surface area contributed by atoms with Gasteiger partial charge in [0.1, 0.15) is 35.5 Å². The minimum atomic E-state index is -1.11. The van der Waals surface area contributed by atoms with Gasteiger partial charge in [0, 0.05) is 23.6 Å². The predicted octanol–water partition coefficient (Wildman–Crippen LogP) is 9.87. The Morgan fingerprint density at radius 2 is 0.673 bits per heavy atom. The van der Waals surface area contributed by atoms with Crippen LogP contribution in [0.4, 0.5) is 0 Å². The van der Waals surface area contributed by atoms with Crippen LogP contribution in [-0.4, -0.2) is 35.6 Å². The zero-order valence-electron chi connectivity index (χ0n) is 32.8. The molecule has 0 spiro atoms. The maximum Gasteiger partial charge on any atom is 0.179 e. The Hall–Kier alpha value is -5.10. The van der Waals surface area contributed by atoms with Crippen LogP contribution in [0.15, 0.2) is 70.6 Å². The molecule has 0 fully saturated rings. The molecule has 0 aliphatic carbocycles. The third-order valence-corrected chi connectivity index (χ3v) is 9.55. The summed E-state index contributed by atoms with van der Waals surface area (Å²) in [5.74, 6) is -3.46. The molecule has 0 radical (unpaired) electrons. The molecule has 52 heavy (non-hydrogen) atoms. The molecule has 4 rings (SSSR count). The molecule has 6 heteroatoms. The molecule has 0 bridgehead atoms. The van der Waals surface area contributed by atoms with E-state index in [2.05, 4.69) is 12.1 Å². The smallest absolute Gasteiger partial charge is 0.179 e. The molecule has 270 valence electrons. The number of ketones is 4. The van der Waals surface area contributed by atoms with E-state index in [0.29, 0.717) is 11.1 Å². The molecule has 6 nitrogen and oxygen atoms in total. The van der Waals surface area contributed by atoms with E-state index in [-0.39, 0.29) is 23.1 Å². The minimum absolute atomic E-state index is 0.303. The lowest BCUT2D eigenvalue weighted by atomic mass is 9.87. The molecular weight excluding hydrogens is 645 g/mol. The van der Waals surface area contributed by atoms with Crippen LogP contribution in [0.25, 0.3) is 0 Å². The number of hydrogen-bond donors (Lipinski definition) is 0. The van der Waals surface area contributed by atoms with Gasteiger partial charge < -0.3 is 0 Å². The van der Waals surface area contributed by atoms with Gasteiger partial charge in [0.25, 0.3) is 0 Å². The van der Waals surface area contributed by atoms with Crippen LogP contribution in [0.2, 0.25) is 0 Å². The van der Waals surface area contributed by atoms with Gasteiger partial charge in [0.2, 0.25) is 0 Å². The van der Waals surface area contributed by atoms with Gasteiger partial charge in [-0.15, -0.1) is 0 Å². The standard InChI is InChI=1S/C46H52N2O4/c1-25-13-26(2)20-37(19-25)43(47-23-39(35(11)49)45(51)41-31(7)15-29(5)16-32(41)8)44(38-21-27(3)14-28(4)22-38)48-24-40(36(12)50)46(52)42-33(9)17-30(6)18-34(42)10/h13-24,39-40,43-44H,1-12H3/t39?,40?,43-,44-/m0/s1. The summed E-state index contributed by atoms with van der Waals surface area (Å²) in [6, 6.07) is 18.7. The topological polar surface area (TPSA) is 93.0 Å². The number of rotatable bonds is 13. The maximum atomic E-state index is 14.1. The van der Waals surface area contributed by atoms with Crippen molar-refractivity contribution < 1.29 is 19.2 Å². The van der Waals surface area contributed by atoms with E-state index < -0.39 is 23.9 Å². The van der Waals surface area contributed by atoms with E-state index >= 15 is 0 Å². The summed E-state index contributed by atoms with van der Waals surface area (Å²) < 4.78 is 0. The third kappa shape index (κ3) is 9.22. The fraction of sp³-hybridized carbons (Fsp3) is 0.348. The Bertz CT molecular complexity index is 1880. The average molecular weight is 697 g/mol. The molecule has 0 aliphatic rings. The van der Waals surface area contributed by atoms with Crippen molar-refractivity contribution in [3.8, 4) is 0 Å². The second-order valence-electron chi connectivity index (χ2n) is 14.8. The van der Waals surface area contributed by atoms with Crippen LogP contribution in [0, 0.1) is 81.1 Å². The summed E-state index contributed by atoms with van der Waals surface area (Å²) in [5, 5.41) is 0. The van der Waals surface area contributed by atoms with Gasteiger partial charge in [-0.2, -0.15) is 0 Å². The maximum absolute atomic E-state index is 14.1. The SMILES string of the molecule is CC(=O)C(C=N[C@@H](c1cc(C)cc(C)c1)[C@@H](N=CC(C(C)=O)C(=O)c1c(C)cc(C)cc1C)c1cc(C)cc(C)c1)C(=O)c1c(C)cc(C)cc1C. The van der Waals surface area contributed by atoms with Crippen molar-refractivity contribution in [3.63, 3.8) is 0 Å². The van der Waals surface area contributed by atoms with Crippen molar-refractivity contribution in [1.29, 1.82) is 0 Å². The molecule has 0 aliphatic heterocycles. The van der Waals surface area contributed by atoms with Crippen molar-refractivity contribution in [1.82, 2.24) is 0 Å². The third-order valence-electron chi connectivity index (χ3n) is 9.55. The van der Waals surface area contributed by atoms with Crippen molar-refractivity contribution in [2.24, 2.45) is 21.8 Å². The number of carbonyl (C=O) groups is 4. The number of benzene rings is 4. The van der Waals surface area contributed by atoms with E-state index in [1.165, 1.54) is 26.3 Å². The lowest BCUT2D eigenvalue weighted by Gasteiger charge is -2.25. The van der Waals surface area contributed by atoms with Gasteiger partial charge in [-0.1, -0.05) is 94.0 Å². The lowest BCUT2D eigenvalue weighted by molar-refractivity contribution is -0.118. The Balaban J connectivity index is 1.94. The van der Waals surface area contributed by atoms with E-state index in [1.807, 2.05) is 118 Å². The Morgan fingerprint density at radius 3 is 0.923 bits per heavy atom. The molecule has 0 amide bonds. The predicted molar refractivity (Wildman–Crippen MR) is 213 cm³/mol. The molecular formula is C46H52N2O4. The zero-order valence-corrected chi connectivity index (χ0v) is 32.8. The molecule has 0 N–H and O–H groups in total. The van der Waals surface area contributed by atoms with Crippen LogP contribution < -0.4 is 0 Å². The summed E-state index contributed by atoms with van der Waals surface area (Å²) >= 11 is 0. The average Bonchev–Trinajstić information content (AvgIpc) is 2.99. The number of hydrogen-bond acceptors (Lipinski definition) is 6. The highest BCUT2D eigenvalue weighted by Crippen LogP contribution is 2.38. The molecule has 0 aromatic heterocycles. The number of Topliss-reactive ketones (excluding diaryl/α,β-unsaturated/α-hetero) is 4. The molecule has 0 saturated carbocycles. The van der Waals surface area contributed by atoms with Gasteiger partial charge in [0.05, 0.1) is 0 Å². The van der Waals surface area contributed by atoms with Crippen LogP contribution in [0.5, 0.6) is 0 Å². The summed E-state index contributed by atoms with van der Waals surface area (Å²) in [6.07, 6.45) is 2.95. The normalized spacial score (nSPS) is 14.0. The Morgan fingerprint density at radius 1 is 0.423 bits per heavy atom. The summed E-state index contributed by atoms with van der Waals surface area (Å²) in [5.41, 5.74) is 12.1. The molecule has 4 atom stereocenters. The Labute approximate surface area is 309 Å². The van der Waals surface area contributed by atoms with Crippen molar-refractivity contribution >= 4 is 35.6 Å². The molecule has 4 aromatic rings. The zero-order chi connectivity index (χ0) is 38.6. The highest BCUT2D eigenvalue weighted by molar-refractivity contribution is 6.21. The summed E-state index contributed by atoms with van der Waals surface area (Å²) in [4.78, 5) is 64.7. The number of aryl methyl sites for hydroxylation is 10. The highest BCUT2D eigenvalue weighted by atomic mass is 16.2. The van der Waals surface area contributed by atoms with Gasteiger partial charge in [-0.3, -0.25) is 29.2 Å². The highest BCUT2D eigenvalue weighted by Gasteiger charge is 2.31. The van der Waals surface area contributed by atoms with E-state index in [0.717, 1.165) is 66.8 Å². The van der Waals surface area contributed by atoms with Gasteiger partial charge in [-0.25, -0.2) is 0 Å². The fourth-order valence-corrected chi connectivity index (χ4v) is 7.58. The first-order valence-electron chi connectivity index (χ1n) is 17.9. The molecule has 0 heterocycles. The summed E-state index contributed by atoms with van der Waals surface area (Å²) in [6.45, 7) is 22.4. The first-order chi connectivity index (χ1) is 24.4. The summed E-state index contributed by atoms with van der Waals surface area (Å²) in [7, 11) is 0. The van der Waals surface area contributed by atoms with Gasteiger partial charge >= 0.3 is 0 Å². The van der Waals surface area contributed by atoms with Crippen molar-refractivity contribution in [2.45, 2.75) is 95.2 Å². The van der Waals surface area contributed by atoms with Crippen LogP contribution in [-0.2, 0) is 9.59 Å². The van der Waals surface area contributed by atoms with Crippen molar-refractivity contribution in [3.05, 3.63) is 139 Å². The van der Waals surface area contributed by atoms with Crippen LogP contribution >= 0.6 is 0 Å². The first-order valence-corrected chi connectivity index (χ1v) is 17.9. The largest absolute Gasteiger partial charge is 0.299 e. The second kappa shape index (κ2) is 16.5. The first kappa shape index (κ1) is 39.7. The van der Waals surface area contributed by atoms with E-state index in [9.17, 15) is 19.2 Å². The number of aliphatic imine (C=N–C) groups is 2. The monoisotopic (exact) mass is 696 g/mol. The van der Waals surface area contributed by atoms with Gasteiger partial charge in [-0.05, 0) is 116 Å². The number of carbonyl (C=O) groups excluding carboxylic acids is 4. The Kier molecular flexibility index (Phi) is 12.6. The van der Waals surface area contributed by atoms with E-state index in [1.54, 1.807) is 0 Å². The molecule has 2 unspecified atom stereocenters. The van der Waals surface area contributed by atoms with Crippen LogP contribution in [0.3, 0.4) is 0 Å². The van der Waals surface area contributed by atoms with E-state index in [4.69, 9.17) is 9.98 Å². The van der Waals surface area contributed by atoms with Crippen molar-refractivity contribution in [2.75, 3.05) is 0 Å². The second-order valence-corrected chi connectivity index (χ2v) is 14.8.